The smallest absolute Gasteiger partial charge is 0.291 e. The average Bonchev–Trinajstić information content (AvgIpc) is 3.43. The second kappa shape index (κ2) is 8.63. The van der Waals surface area contributed by atoms with E-state index >= 15 is 0 Å². The normalized spacial score (nSPS) is 19.5. The first-order chi connectivity index (χ1) is 15.1. The molecule has 2 aliphatic rings. The van der Waals surface area contributed by atoms with Gasteiger partial charge in [-0.2, -0.15) is 14.8 Å². The van der Waals surface area contributed by atoms with Gasteiger partial charge in [-0.05, 0) is 81.5 Å². The van der Waals surface area contributed by atoms with E-state index in [1.54, 1.807) is 6.07 Å². The molecule has 0 amide bonds. The molecule has 2 aromatic heterocycles. The van der Waals surface area contributed by atoms with Gasteiger partial charge in [0.15, 0.2) is 11.6 Å². The third kappa shape index (κ3) is 3.96. The summed E-state index contributed by atoms with van der Waals surface area (Å²) in [7, 11) is 0. The van der Waals surface area contributed by atoms with Gasteiger partial charge >= 0.3 is 0 Å². The van der Waals surface area contributed by atoms with Crippen molar-refractivity contribution in [3.63, 3.8) is 0 Å². The van der Waals surface area contributed by atoms with Gasteiger partial charge in [-0.15, -0.1) is 0 Å². The van der Waals surface area contributed by atoms with Crippen LogP contribution in [0.3, 0.4) is 0 Å². The molecule has 5 rings (SSSR count). The predicted octanol–water partition coefficient (Wildman–Crippen LogP) is 3.43. The number of aromatic nitrogens is 4. The minimum atomic E-state index is -0.942. The summed E-state index contributed by atoms with van der Waals surface area (Å²) in [6.45, 7) is 7.35. The number of halogens is 2. The van der Waals surface area contributed by atoms with Crippen LogP contribution in [-0.4, -0.2) is 57.5 Å². The number of hydrogen-bond donors (Lipinski definition) is 1. The van der Waals surface area contributed by atoms with Crippen molar-refractivity contribution in [1.82, 2.24) is 30.1 Å². The summed E-state index contributed by atoms with van der Waals surface area (Å²) >= 11 is 0. The molecule has 2 aliphatic heterocycles. The number of nitrogens with one attached hydrogen (secondary N) is 1. The van der Waals surface area contributed by atoms with Crippen LogP contribution in [-0.2, 0) is 6.42 Å². The summed E-state index contributed by atoms with van der Waals surface area (Å²) in [5.74, 6) is -0.191. The molecule has 0 saturated carbocycles. The predicted molar refractivity (Wildman–Crippen MR) is 112 cm³/mol. The molecule has 0 radical (unpaired) electrons. The Hall–Kier alpha value is -2.39. The molecule has 1 N–H and O–H groups in total. The highest BCUT2D eigenvalue weighted by atomic mass is 19.2. The number of aryl methyl sites for hydroxylation is 1. The molecule has 0 aliphatic carbocycles. The Kier molecular flexibility index (Phi) is 5.71. The van der Waals surface area contributed by atoms with E-state index in [0.717, 1.165) is 57.5 Å². The van der Waals surface area contributed by atoms with Gasteiger partial charge in [-0.25, -0.2) is 8.78 Å². The molecular weight excluding hydrogens is 402 g/mol. The maximum absolute atomic E-state index is 14.6. The maximum Gasteiger partial charge on any atom is 0.291 e. The van der Waals surface area contributed by atoms with Crippen molar-refractivity contribution >= 4 is 10.9 Å². The lowest BCUT2D eigenvalue weighted by Crippen LogP contribution is -2.39. The standard InChI is InChI=1S/C22H28F2N6O/c1-2-18-16-3-4-17(23)19(24)20(16)30(27-18)22-26-21(31-28-22)15-7-11-29(12-8-15)13-14-5-9-25-10-6-14/h3-4,14-15,25H,2,5-13H2,1H3. The van der Waals surface area contributed by atoms with Crippen LogP contribution in [0.5, 0.6) is 0 Å². The molecule has 0 unspecified atom stereocenters. The Balaban J connectivity index is 1.31. The first kappa shape index (κ1) is 20.5. The molecule has 1 aromatic carbocycles. The maximum atomic E-state index is 14.6. The number of benzene rings is 1. The Morgan fingerprint density at radius 2 is 1.90 bits per heavy atom. The van der Waals surface area contributed by atoms with E-state index in [0.29, 0.717) is 23.4 Å². The second-order valence-corrected chi connectivity index (χ2v) is 8.67. The van der Waals surface area contributed by atoms with E-state index in [2.05, 4.69) is 25.5 Å². The zero-order valence-corrected chi connectivity index (χ0v) is 17.8. The highest BCUT2D eigenvalue weighted by molar-refractivity contribution is 5.83. The van der Waals surface area contributed by atoms with Crippen LogP contribution in [0, 0.1) is 17.6 Å². The van der Waals surface area contributed by atoms with Crippen molar-refractivity contribution < 1.29 is 13.3 Å². The van der Waals surface area contributed by atoms with E-state index in [1.165, 1.54) is 17.5 Å². The number of piperidine rings is 2. The fraction of sp³-hybridized carbons (Fsp3) is 0.591. The molecule has 166 valence electrons. The first-order valence-electron chi connectivity index (χ1n) is 11.3. The van der Waals surface area contributed by atoms with Gasteiger partial charge in [0.05, 0.1) is 5.69 Å². The number of likely N-dealkylation sites (tertiary alicyclic amines) is 1. The van der Waals surface area contributed by atoms with Crippen LogP contribution in [0.4, 0.5) is 8.78 Å². The molecule has 9 heteroatoms. The number of nitrogens with zero attached hydrogens (tertiary/aromatic N) is 5. The van der Waals surface area contributed by atoms with Crippen LogP contribution in [0.1, 0.15) is 50.1 Å². The molecule has 31 heavy (non-hydrogen) atoms. The summed E-state index contributed by atoms with van der Waals surface area (Å²) in [4.78, 5) is 7.06. The fourth-order valence-corrected chi connectivity index (χ4v) is 4.88. The molecule has 7 nitrogen and oxygen atoms in total. The number of rotatable bonds is 5. The van der Waals surface area contributed by atoms with Gasteiger partial charge < -0.3 is 14.7 Å². The fourth-order valence-electron chi connectivity index (χ4n) is 4.88. The van der Waals surface area contributed by atoms with Crippen molar-refractivity contribution in [3.05, 3.63) is 35.4 Å². The van der Waals surface area contributed by atoms with E-state index in [1.807, 2.05) is 6.92 Å². The largest absolute Gasteiger partial charge is 0.337 e. The Labute approximate surface area is 179 Å². The third-order valence-corrected chi connectivity index (χ3v) is 6.68. The topological polar surface area (TPSA) is 72.0 Å². The van der Waals surface area contributed by atoms with Gasteiger partial charge in [-0.1, -0.05) is 6.92 Å². The monoisotopic (exact) mass is 430 g/mol. The van der Waals surface area contributed by atoms with Crippen LogP contribution in [0.15, 0.2) is 16.7 Å². The van der Waals surface area contributed by atoms with Crippen LogP contribution in [0.25, 0.3) is 16.9 Å². The Morgan fingerprint density at radius 3 is 2.65 bits per heavy atom. The molecular formula is C22H28F2N6O. The molecule has 0 atom stereocenters. The molecule has 4 heterocycles. The van der Waals surface area contributed by atoms with Gasteiger partial charge in [0.2, 0.25) is 5.89 Å². The van der Waals surface area contributed by atoms with Crippen molar-refractivity contribution in [3.8, 4) is 5.95 Å². The van der Waals surface area contributed by atoms with Crippen molar-refractivity contribution in [2.45, 2.75) is 44.9 Å². The SMILES string of the molecule is CCc1nn(-c2noc(C3CCN(CC4CCNCC4)CC3)n2)c2c(F)c(F)ccc12. The highest BCUT2D eigenvalue weighted by Gasteiger charge is 2.28. The van der Waals surface area contributed by atoms with Gasteiger partial charge in [0, 0.05) is 17.8 Å². The highest BCUT2D eigenvalue weighted by Crippen LogP contribution is 2.30. The quantitative estimate of drug-likeness (QED) is 0.669. The Morgan fingerprint density at radius 1 is 1.13 bits per heavy atom. The van der Waals surface area contributed by atoms with Crippen LogP contribution >= 0.6 is 0 Å². The second-order valence-electron chi connectivity index (χ2n) is 8.67. The van der Waals surface area contributed by atoms with Gasteiger partial charge in [0.1, 0.15) is 5.52 Å². The average molecular weight is 431 g/mol. The zero-order chi connectivity index (χ0) is 21.4. The molecule has 2 saturated heterocycles. The number of hydrogen-bond acceptors (Lipinski definition) is 6. The number of fused-ring (bicyclic) bond motifs is 1. The summed E-state index contributed by atoms with van der Waals surface area (Å²) in [5, 5.41) is 12.5. The molecule has 0 spiro atoms. The summed E-state index contributed by atoms with van der Waals surface area (Å²) in [6, 6.07) is 2.68. The van der Waals surface area contributed by atoms with Gasteiger partial charge in [-0.3, -0.25) is 0 Å². The lowest BCUT2D eigenvalue weighted by atomic mass is 9.93. The lowest BCUT2D eigenvalue weighted by molar-refractivity contribution is 0.157. The lowest BCUT2D eigenvalue weighted by Gasteiger charge is -2.34. The van der Waals surface area contributed by atoms with Crippen molar-refractivity contribution in [2.24, 2.45) is 5.92 Å². The first-order valence-corrected chi connectivity index (χ1v) is 11.3. The van der Waals surface area contributed by atoms with E-state index in [9.17, 15) is 8.78 Å². The zero-order valence-electron chi connectivity index (χ0n) is 17.8. The minimum Gasteiger partial charge on any atom is -0.337 e. The minimum absolute atomic E-state index is 0.0565. The van der Waals surface area contributed by atoms with E-state index < -0.39 is 11.6 Å². The van der Waals surface area contributed by atoms with Gasteiger partial charge in [0.25, 0.3) is 5.95 Å². The van der Waals surface area contributed by atoms with Crippen LogP contribution < -0.4 is 5.32 Å². The summed E-state index contributed by atoms with van der Waals surface area (Å²) < 4.78 is 35.2. The third-order valence-electron chi connectivity index (χ3n) is 6.68. The summed E-state index contributed by atoms with van der Waals surface area (Å²) in [5.41, 5.74) is 0.729. The molecule has 3 aromatic rings. The molecule has 0 bridgehead atoms. The van der Waals surface area contributed by atoms with E-state index in [-0.39, 0.29) is 17.4 Å². The van der Waals surface area contributed by atoms with Crippen molar-refractivity contribution in [2.75, 3.05) is 32.7 Å². The van der Waals surface area contributed by atoms with Crippen molar-refractivity contribution in [1.29, 1.82) is 0 Å². The van der Waals surface area contributed by atoms with Crippen LogP contribution in [0.2, 0.25) is 0 Å². The Bertz CT molecular complexity index is 1050. The molecule has 2 fully saturated rings. The van der Waals surface area contributed by atoms with E-state index in [4.69, 9.17) is 4.52 Å². The summed E-state index contributed by atoms with van der Waals surface area (Å²) in [6.07, 6.45) is 5.00.